The van der Waals surface area contributed by atoms with Crippen molar-refractivity contribution < 1.29 is 19.1 Å². The molecule has 0 aliphatic heterocycles. The van der Waals surface area contributed by atoms with Crippen LogP contribution in [-0.4, -0.2) is 22.0 Å². The van der Waals surface area contributed by atoms with Gasteiger partial charge in [-0.25, -0.2) is 9.78 Å². The fourth-order valence-electron chi connectivity index (χ4n) is 1.52. The molecule has 0 aliphatic rings. The average molecular weight is 339 g/mol. The topological polar surface area (TPSA) is 79.3 Å². The Kier molecular flexibility index (Phi) is 4.09. The molecule has 2 N–H and O–H groups in total. The molecule has 1 aromatic carbocycles. The van der Waals surface area contributed by atoms with Crippen LogP contribution in [0, 0.1) is 5.95 Å². The molecule has 0 aliphatic carbocycles. The minimum absolute atomic E-state index is 0.0156. The lowest BCUT2D eigenvalue weighted by Crippen LogP contribution is -2.14. The number of nitrogens with one attached hydrogen (secondary N) is 1. The van der Waals surface area contributed by atoms with E-state index in [-0.39, 0.29) is 16.9 Å². The molecular weight excluding hydrogens is 331 g/mol. The van der Waals surface area contributed by atoms with Gasteiger partial charge in [0, 0.05) is 10.2 Å². The zero-order valence-corrected chi connectivity index (χ0v) is 11.5. The fourth-order valence-corrected chi connectivity index (χ4v) is 2.01. The summed E-state index contributed by atoms with van der Waals surface area (Å²) in [5.74, 6) is -2.51. The molecule has 0 unspecified atom stereocenters. The summed E-state index contributed by atoms with van der Waals surface area (Å²) in [7, 11) is 0. The summed E-state index contributed by atoms with van der Waals surface area (Å²) in [6.45, 7) is 0. The molecule has 2 aromatic rings. The van der Waals surface area contributed by atoms with Gasteiger partial charge in [0.15, 0.2) is 0 Å². The van der Waals surface area contributed by atoms with Gasteiger partial charge in [-0.2, -0.15) is 4.39 Å². The first kappa shape index (κ1) is 14.1. The van der Waals surface area contributed by atoms with Gasteiger partial charge in [0.1, 0.15) is 5.69 Å². The summed E-state index contributed by atoms with van der Waals surface area (Å²) in [6, 6.07) is 8.07. The van der Waals surface area contributed by atoms with E-state index in [1.807, 2.05) is 0 Å². The largest absolute Gasteiger partial charge is 0.478 e. The van der Waals surface area contributed by atoms with Crippen molar-refractivity contribution in [2.24, 2.45) is 0 Å². The number of carbonyl (C=O) groups is 2. The summed E-state index contributed by atoms with van der Waals surface area (Å²) < 4.78 is 13.4. The van der Waals surface area contributed by atoms with Gasteiger partial charge in [-0.3, -0.25) is 4.79 Å². The zero-order valence-electron chi connectivity index (χ0n) is 9.93. The molecule has 0 atom stereocenters. The molecule has 0 radical (unpaired) electrons. The highest BCUT2D eigenvalue weighted by Gasteiger charge is 2.11. The number of anilines is 1. The first-order chi connectivity index (χ1) is 9.45. The predicted octanol–water partition coefficient (Wildman–Crippen LogP) is 2.93. The number of rotatable bonds is 3. The van der Waals surface area contributed by atoms with Crippen molar-refractivity contribution >= 4 is 33.5 Å². The average Bonchev–Trinajstić information content (AvgIpc) is 2.37. The van der Waals surface area contributed by atoms with Crippen LogP contribution in [0.5, 0.6) is 0 Å². The molecule has 0 spiro atoms. The third kappa shape index (κ3) is 3.39. The number of benzene rings is 1. The maximum atomic E-state index is 12.9. The van der Waals surface area contributed by atoms with Crippen molar-refractivity contribution in [3.05, 3.63) is 58.1 Å². The van der Waals surface area contributed by atoms with E-state index in [4.69, 9.17) is 5.11 Å². The van der Waals surface area contributed by atoms with Crippen LogP contribution in [0.4, 0.5) is 10.1 Å². The van der Waals surface area contributed by atoms with Crippen molar-refractivity contribution in [3.8, 4) is 0 Å². The van der Waals surface area contributed by atoms with E-state index in [9.17, 15) is 14.0 Å². The maximum Gasteiger partial charge on any atom is 0.335 e. The van der Waals surface area contributed by atoms with Crippen LogP contribution in [0.1, 0.15) is 20.8 Å². The van der Waals surface area contributed by atoms with Crippen LogP contribution in [-0.2, 0) is 0 Å². The van der Waals surface area contributed by atoms with E-state index in [0.717, 1.165) is 6.07 Å². The fraction of sp³-hybridized carbons (Fsp3) is 0. The van der Waals surface area contributed by atoms with Crippen molar-refractivity contribution in [1.29, 1.82) is 0 Å². The molecular formula is C13H8BrFN2O3. The minimum Gasteiger partial charge on any atom is -0.478 e. The van der Waals surface area contributed by atoms with Gasteiger partial charge in [0.25, 0.3) is 5.91 Å². The Morgan fingerprint density at radius 1 is 1.25 bits per heavy atom. The van der Waals surface area contributed by atoms with E-state index < -0.39 is 17.8 Å². The summed E-state index contributed by atoms with van der Waals surface area (Å²) in [5.41, 5.74) is 0.191. The predicted molar refractivity (Wildman–Crippen MR) is 73.2 cm³/mol. The van der Waals surface area contributed by atoms with Gasteiger partial charge in [0.05, 0.1) is 5.56 Å². The summed E-state index contributed by atoms with van der Waals surface area (Å²) in [5, 5.41) is 11.4. The van der Waals surface area contributed by atoms with Gasteiger partial charge >= 0.3 is 5.97 Å². The Bertz CT molecular complexity index is 691. The standard InChI is InChI=1S/C13H8BrFN2O3/c14-8-4-7(13(19)20)5-9(6-8)16-12(18)10-2-1-3-11(15)17-10/h1-6H,(H,16,18)(H,19,20). The Labute approximate surface area is 121 Å². The summed E-state index contributed by atoms with van der Waals surface area (Å²) in [6.07, 6.45) is 0. The molecule has 1 amide bonds. The second-order valence-electron chi connectivity index (χ2n) is 3.83. The van der Waals surface area contributed by atoms with Gasteiger partial charge in [-0.05, 0) is 30.3 Å². The lowest BCUT2D eigenvalue weighted by atomic mass is 10.2. The Hall–Kier alpha value is -2.28. The first-order valence-electron chi connectivity index (χ1n) is 5.43. The number of amides is 1. The number of carbonyl (C=O) groups excluding carboxylic acids is 1. The van der Waals surface area contributed by atoms with Crippen LogP contribution in [0.15, 0.2) is 40.9 Å². The van der Waals surface area contributed by atoms with E-state index in [1.54, 1.807) is 0 Å². The number of carboxylic acids is 1. The number of aromatic carboxylic acids is 1. The molecule has 20 heavy (non-hydrogen) atoms. The normalized spacial score (nSPS) is 10.1. The zero-order chi connectivity index (χ0) is 14.7. The van der Waals surface area contributed by atoms with Crippen LogP contribution in [0.25, 0.3) is 0 Å². The monoisotopic (exact) mass is 338 g/mol. The Morgan fingerprint density at radius 2 is 2.00 bits per heavy atom. The summed E-state index contributed by atoms with van der Waals surface area (Å²) in [4.78, 5) is 26.2. The van der Waals surface area contributed by atoms with E-state index in [2.05, 4.69) is 26.2 Å². The van der Waals surface area contributed by atoms with E-state index in [1.165, 1.54) is 30.3 Å². The lowest BCUT2D eigenvalue weighted by molar-refractivity contribution is 0.0696. The molecule has 1 heterocycles. The van der Waals surface area contributed by atoms with Crippen LogP contribution in [0.2, 0.25) is 0 Å². The number of nitrogens with zero attached hydrogens (tertiary/aromatic N) is 1. The number of hydrogen-bond donors (Lipinski definition) is 2. The number of hydrogen-bond acceptors (Lipinski definition) is 3. The number of carboxylic acid groups (broad SMARTS) is 1. The number of aromatic nitrogens is 1. The number of halogens is 2. The Balaban J connectivity index is 2.26. The highest BCUT2D eigenvalue weighted by Crippen LogP contribution is 2.20. The van der Waals surface area contributed by atoms with E-state index >= 15 is 0 Å². The molecule has 2 rings (SSSR count). The van der Waals surface area contributed by atoms with Crippen LogP contribution < -0.4 is 5.32 Å². The quantitative estimate of drug-likeness (QED) is 0.843. The molecule has 0 saturated carbocycles. The molecule has 102 valence electrons. The van der Waals surface area contributed by atoms with Crippen molar-refractivity contribution in [2.45, 2.75) is 0 Å². The molecule has 7 heteroatoms. The molecule has 1 aromatic heterocycles. The third-order valence-electron chi connectivity index (χ3n) is 2.35. The molecule has 0 bridgehead atoms. The third-order valence-corrected chi connectivity index (χ3v) is 2.81. The highest BCUT2D eigenvalue weighted by atomic mass is 79.9. The minimum atomic E-state index is -1.12. The lowest BCUT2D eigenvalue weighted by Gasteiger charge is -2.06. The van der Waals surface area contributed by atoms with Crippen molar-refractivity contribution in [1.82, 2.24) is 4.98 Å². The van der Waals surface area contributed by atoms with Crippen molar-refractivity contribution in [3.63, 3.8) is 0 Å². The maximum absolute atomic E-state index is 12.9. The van der Waals surface area contributed by atoms with Gasteiger partial charge in [-0.1, -0.05) is 22.0 Å². The Morgan fingerprint density at radius 3 is 2.65 bits per heavy atom. The second kappa shape index (κ2) is 5.79. The van der Waals surface area contributed by atoms with Gasteiger partial charge < -0.3 is 10.4 Å². The van der Waals surface area contributed by atoms with Gasteiger partial charge in [-0.15, -0.1) is 0 Å². The second-order valence-corrected chi connectivity index (χ2v) is 4.75. The number of pyridine rings is 1. The highest BCUT2D eigenvalue weighted by molar-refractivity contribution is 9.10. The first-order valence-corrected chi connectivity index (χ1v) is 6.23. The molecule has 0 fully saturated rings. The van der Waals surface area contributed by atoms with E-state index in [0.29, 0.717) is 4.47 Å². The van der Waals surface area contributed by atoms with Crippen LogP contribution >= 0.6 is 15.9 Å². The summed E-state index contributed by atoms with van der Waals surface area (Å²) >= 11 is 3.15. The van der Waals surface area contributed by atoms with Gasteiger partial charge in [0.2, 0.25) is 5.95 Å². The van der Waals surface area contributed by atoms with Crippen LogP contribution in [0.3, 0.4) is 0 Å². The molecule has 0 saturated heterocycles. The molecule has 5 nitrogen and oxygen atoms in total. The smallest absolute Gasteiger partial charge is 0.335 e. The SMILES string of the molecule is O=C(O)c1cc(Br)cc(NC(=O)c2cccc(F)n2)c1. The van der Waals surface area contributed by atoms with Crippen molar-refractivity contribution in [2.75, 3.05) is 5.32 Å².